The predicted octanol–water partition coefficient (Wildman–Crippen LogP) is 3.56. The molecule has 1 unspecified atom stereocenters. The van der Waals surface area contributed by atoms with Gasteiger partial charge < -0.3 is 9.84 Å². The Bertz CT molecular complexity index is 678. The number of ether oxygens (including phenoxy) is 1. The fourth-order valence-electron chi connectivity index (χ4n) is 2.58. The average Bonchev–Trinajstić information content (AvgIpc) is 3.01. The largest absolute Gasteiger partial charge is 0.492 e. The van der Waals surface area contributed by atoms with Crippen molar-refractivity contribution in [2.75, 3.05) is 6.61 Å². The highest BCUT2D eigenvalue weighted by Crippen LogP contribution is 2.40. The van der Waals surface area contributed by atoms with Crippen LogP contribution in [-0.4, -0.2) is 22.7 Å². The molecule has 110 valence electrons. The number of aromatic nitrogens is 1. The molecular weight excluding hydrogens is 286 g/mol. The zero-order valence-corrected chi connectivity index (χ0v) is 12.8. The molecule has 1 aliphatic rings. The zero-order chi connectivity index (χ0) is 15.0. The number of hydrogen-bond donors (Lipinski definition) is 1. The van der Waals surface area contributed by atoms with E-state index >= 15 is 0 Å². The number of nitrogens with zero attached hydrogens (tertiary/aromatic N) is 1. The number of fused-ring (bicyclic) bond motifs is 1. The molecule has 0 amide bonds. The normalized spacial score (nSPS) is 16.8. The third-order valence-corrected chi connectivity index (χ3v) is 4.71. The van der Waals surface area contributed by atoms with Crippen LogP contribution in [0.1, 0.15) is 45.7 Å². The molecule has 1 atom stereocenters. The summed E-state index contributed by atoms with van der Waals surface area (Å²) in [5.41, 5.74) is 1.79. The number of carbonyl (C=O) groups is 1. The summed E-state index contributed by atoms with van der Waals surface area (Å²) in [6.07, 6.45) is 0.688. The summed E-state index contributed by atoms with van der Waals surface area (Å²) in [7, 11) is 0. The van der Waals surface area contributed by atoms with Crippen molar-refractivity contribution >= 4 is 17.3 Å². The minimum atomic E-state index is -0.887. The maximum atomic E-state index is 11.4. The molecule has 1 aromatic carbocycles. The maximum Gasteiger partial charge on any atom is 0.347 e. The molecule has 0 radical (unpaired) electrons. The summed E-state index contributed by atoms with van der Waals surface area (Å²) in [6, 6.07) is 7.88. The SMILES string of the molecule is CC(C)Cc1nc(C2COc3ccccc32)sc1C(=O)O. The zero-order valence-electron chi connectivity index (χ0n) is 12.0. The maximum absolute atomic E-state index is 11.4. The highest BCUT2D eigenvalue weighted by Gasteiger charge is 2.30. The van der Waals surface area contributed by atoms with Crippen molar-refractivity contribution in [3.05, 3.63) is 45.4 Å². The molecule has 21 heavy (non-hydrogen) atoms. The number of carboxylic acid groups (broad SMARTS) is 1. The monoisotopic (exact) mass is 303 g/mol. The van der Waals surface area contributed by atoms with E-state index in [-0.39, 0.29) is 5.92 Å². The summed E-state index contributed by atoms with van der Waals surface area (Å²) in [4.78, 5) is 16.4. The van der Waals surface area contributed by atoms with E-state index in [2.05, 4.69) is 18.8 Å². The molecular formula is C16H17NO3S. The minimum absolute atomic E-state index is 0.0465. The predicted molar refractivity (Wildman–Crippen MR) is 81.4 cm³/mol. The molecule has 2 heterocycles. The molecule has 1 aromatic heterocycles. The van der Waals surface area contributed by atoms with Crippen molar-refractivity contribution < 1.29 is 14.6 Å². The van der Waals surface area contributed by atoms with Crippen LogP contribution in [0.15, 0.2) is 24.3 Å². The number of carboxylic acids is 1. The van der Waals surface area contributed by atoms with Gasteiger partial charge in [-0.1, -0.05) is 32.0 Å². The lowest BCUT2D eigenvalue weighted by Gasteiger charge is -2.04. The third-order valence-electron chi connectivity index (χ3n) is 3.51. The van der Waals surface area contributed by atoms with Crippen molar-refractivity contribution in [3.63, 3.8) is 0 Å². The quantitative estimate of drug-likeness (QED) is 0.938. The van der Waals surface area contributed by atoms with Gasteiger partial charge in [-0.2, -0.15) is 0 Å². The molecule has 4 nitrogen and oxygen atoms in total. The van der Waals surface area contributed by atoms with Crippen molar-refractivity contribution in [3.8, 4) is 5.75 Å². The number of aromatic carboxylic acids is 1. The van der Waals surface area contributed by atoms with Crippen LogP contribution in [0.2, 0.25) is 0 Å². The second-order valence-corrected chi connectivity index (χ2v) is 6.66. The number of thiazole rings is 1. The Morgan fingerprint density at radius 1 is 1.48 bits per heavy atom. The van der Waals surface area contributed by atoms with Crippen molar-refractivity contribution in [1.29, 1.82) is 0 Å². The molecule has 3 rings (SSSR count). The molecule has 0 bridgehead atoms. The van der Waals surface area contributed by atoms with Crippen LogP contribution in [0.4, 0.5) is 0 Å². The van der Waals surface area contributed by atoms with E-state index in [4.69, 9.17) is 4.74 Å². The van der Waals surface area contributed by atoms with E-state index in [1.807, 2.05) is 24.3 Å². The van der Waals surface area contributed by atoms with Gasteiger partial charge in [0.25, 0.3) is 0 Å². The van der Waals surface area contributed by atoms with E-state index < -0.39 is 5.97 Å². The van der Waals surface area contributed by atoms with Crippen molar-refractivity contribution in [2.24, 2.45) is 5.92 Å². The van der Waals surface area contributed by atoms with Gasteiger partial charge in [0.05, 0.1) is 11.6 Å². The van der Waals surface area contributed by atoms with Gasteiger partial charge in [-0.25, -0.2) is 9.78 Å². The molecule has 1 N–H and O–H groups in total. The van der Waals surface area contributed by atoms with E-state index in [1.165, 1.54) is 11.3 Å². The lowest BCUT2D eigenvalue weighted by atomic mass is 10.0. The van der Waals surface area contributed by atoms with Crippen LogP contribution in [0.3, 0.4) is 0 Å². The van der Waals surface area contributed by atoms with Gasteiger partial charge in [0.2, 0.25) is 0 Å². The summed E-state index contributed by atoms with van der Waals surface area (Å²) in [5.74, 6) is 0.414. The smallest absolute Gasteiger partial charge is 0.347 e. The first-order valence-corrected chi connectivity index (χ1v) is 7.82. The van der Waals surface area contributed by atoms with Gasteiger partial charge in [0.1, 0.15) is 22.2 Å². The Morgan fingerprint density at radius 2 is 2.24 bits per heavy atom. The topological polar surface area (TPSA) is 59.4 Å². The number of rotatable bonds is 4. The summed E-state index contributed by atoms with van der Waals surface area (Å²) < 4.78 is 5.68. The van der Waals surface area contributed by atoms with E-state index in [0.29, 0.717) is 29.5 Å². The van der Waals surface area contributed by atoms with Gasteiger partial charge in [0.15, 0.2) is 0 Å². The summed E-state index contributed by atoms with van der Waals surface area (Å²) in [6.45, 7) is 4.67. The lowest BCUT2D eigenvalue weighted by Crippen LogP contribution is -2.04. The standard InChI is InChI=1S/C16H17NO3S/c1-9(2)7-12-14(16(18)19)21-15(17-12)11-8-20-13-6-4-3-5-10(11)13/h3-6,9,11H,7-8H2,1-2H3,(H,18,19). The number of benzene rings is 1. The molecule has 2 aromatic rings. The van der Waals surface area contributed by atoms with Gasteiger partial charge in [-0.3, -0.25) is 0 Å². The van der Waals surface area contributed by atoms with Gasteiger partial charge >= 0.3 is 5.97 Å². The average molecular weight is 303 g/mol. The first-order valence-electron chi connectivity index (χ1n) is 7.01. The van der Waals surface area contributed by atoms with E-state index in [0.717, 1.165) is 16.3 Å². The Hall–Kier alpha value is -1.88. The van der Waals surface area contributed by atoms with E-state index in [1.54, 1.807) is 0 Å². The Morgan fingerprint density at radius 3 is 2.95 bits per heavy atom. The summed E-state index contributed by atoms with van der Waals surface area (Å²) in [5, 5.41) is 10.2. The molecule has 0 spiro atoms. The minimum Gasteiger partial charge on any atom is -0.492 e. The molecule has 0 fully saturated rings. The van der Waals surface area contributed by atoms with Crippen molar-refractivity contribution in [2.45, 2.75) is 26.2 Å². The van der Waals surface area contributed by atoms with Gasteiger partial charge in [-0.05, 0) is 18.4 Å². The number of hydrogen-bond acceptors (Lipinski definition) is 4. The Labute approximate surface area is 127 Å². The molecule has 1 aliphatic heterocycles. The fraction of sp³-hybridized carbons (Fsp3) is 0.375. The summed E-state index contributed by atoms with van der Waals surface area (Å²) >= 11 is 1.28. The lowest BCUT2D eigenvalue weighted by molar-refractivity contribution is 0.0700. The van der Waals surface area contributed by atoms with Crippen LogP contribution in [0, 0.1) is 5.92 Å². The van der Waals surface area contributed by atoms with Gasteiger partial charge in [-0.15, -0.1) is 11.3 Å². The van der Waals surface area contributed by atoms with Crippen LogP contribution < -0.4 is 4.74 Å². The highest BCUT2D eigenvalue weighted by molar-refractivity contribution is 7.13. The van der Waals surface area contributed by atoms with Gasteiger partial charge in [0, 0.05) is 5.56 Å². The van der Waals surface area contributed by atoms with Crippen LogP contribution in [0.5, 0.6) is 5.75 Å². The molecule has 0 aliphatic carbocycles. The highest BCUT2D eigenvalue weighted by atomic mass is 32.1. The van der Waals surface area contributed by atoms with Crippen LogP contribution >= 0.6 is 11.3 Å². The molecule has 5 heteroatoms. The first kappa shape index (κ1) is 14.1. The Balaban J connectivity index is 1.99. The van der Waals surface area contributed by atoms with Crippen LogP contribution in [0.25, 0.3) is 0 Å². The fourth-order valence-corrected chi connectivity index (χ4v) is 3.61. The number of para-hydroxylation sites is 1. The molecule has 0 saturated heterocycles. The molecule has 0 saturated carbocycles. The Kier molecular flexibility index (Phi) is 3.68. The first-order chi connectivity index (χ1) is 10.1. The third kappa shape index (κ3) is 2.65. The van der Waals surface area contributed by atoms with E-state index in [9.17, 15) is 9.90 Å². The second kappa shape index (κ2) is 5.48. The van der Waals surface area contributed by atoms with Crippen molar-refractivity contribution in [1.82, 2.24) is 4.98 Å². The van der Waals surface area contributed by atoms with Crippen LogP contribution in [-0.2, 0) is 6.42 Å². The second-order valence-electron chi connectivity index (χ2n) is 5.63.